The van der Waals surface area contributed by atoms with Crippen molar-refractivity contribution in [3.8, 4) is 0 Å². The van der Waals surface area contributed by atoms with E-state index in [2.05, 4.69) is 10.0 Å². The van der Waals surface area contributed by atoms with Crippen LogP contribution in [0.2, 0.25) is 0 Å². The van der Waals surface area contributed by atoms with Gasteiger partial charge in [0.25, 0.3) is 10.0 Å². The van der Waals surface area contributed by atoms with Crippen molar-refractivity contribution in [1.82, 2.24) is 0 Å². The summed E-state index contributed by atoms with van der Waals surface area (Å²) in [6.07, 6.45) is 0.0262. The van der Waals surface area contributed by atoms with Gasteiger partial charge in [0.05, 0.1) is 15.5 Å². The first kappa shape index (κ1) is 21.7. The molecule has 1 amide bonds. The topological polar surface area (TPSA) is 92.3 Å². The van der Waals surface area contributed by atoms with Gasteiger partial charge in [0, 0.05) is 18.5 Å². The standard InChI is InChI=1S/C21H19FN2O4S2/c1-14-8-9-15(23-21(26)11-10-18(25)19-7-4-12-29-19)13-20(14)30(27,28)24-17-6-3-2-5-16(17)22/h2-9,12-13,24H,10-11H2,1H3,(H,23,26). The molecule has 3 rings (SSSR count). The van der Waals surface area contributed by atoms with Gasteiger partial charge < -0.3 is 5.32 Å². The van der Waals surface area contributed by atoms with Crippen LogP contribution in [0.4, 0.5) is 15.8 Å². The normalized spacial score (nSPS) is 11.1. The Kier molecular flexibility index (Phi) is 6.63. The number of ketones is 1. The van der Waals surface area contributed by atoms with Gasteiger partial charge in [-0.15, -0.1) is 11.3 Å². The van der Waals surface area contributed by atoms with Crippen LogP contribution in [0.15, 0.2) is 64.9 Å². The maximum atomic E-state index is 13.8. The number of hydrogen-bond donors (Lipinski definition) is 2. The van der Waals surface area contributed by atoms with Crippen molar-refractivity contribution in [2.45, 2.75) is 24.7 Å². The van der Waals surface area contributed by atoms with Gasteiger partial charge in [0.15, 0.2) is 5.78 Å². The number of benzene rings is 2. The van der Waals surface area contributed by atoms with Gasteiger partial charge in [-0.25, -0.2) is 12.8 Å². The van der Waals surface area contributed by atoms with Crippen LogP contribution in [0.5, 0.6) is 0 Å². The number of hydrogen-bond acceptors (Lipinski definition) is 5. The number of carbonyl (C=O) groups excluding carboxylic acids is 2. The molecule has 0 aliphatic rings. The fourth-order valence-electron chi connectivity index (χ4n) is 2.72. The minimum atomic E-state index is -4.07. The van der Waals surface area contributed by atoms with Crippen LogP contribution in [0.3, 0.4) is 0 Å². The Hall–Kier alpha value is -3.04. The predicted molar refractivity (Wildman–Crippen MR) is 115 cm³/mol. The fraction of sp³-hybridized carbons (Fsp3) is 0.143. The Labute approximate surface area is 177 Å². The molecule has 3 aromatic rings. The van der Waals surface area contributed by atoms with Crippen molar-refractivity contribution in [2.75, 3.05) is 10.0 Å². The molecule has 0 aliphatic carbocycles. The molecule has 1 heterocycles. The lowest BCUT2D eigenvalue weighted by Crippen LogP contribution is -2.17. The van der Waals surface area contributed by atoms with Gasteiger partial charge >= 0.3 is 0 Å². The number of halogens is 1. The number of carbonyl (C=O) groups is 2. The van der Waals surface area contributed by atoms with E-state index in [1.807, 2.05) is 0 Å². The number of amides is 1. The second-order valence-corrected chi connectivity index (χ2v) is 9.11. The number of Topliss-reactive ketones (excluding diaryl/α,β-unsaturated/α-hetero) is 1. The summed E-state index contributed by atoms with van der Waals surface area (Å²) in [6.45, 7) is 1.60. The second kappa shape index (κ2) is 9.19. The molecule has 6 nitrogen and oxygen atoms in total. The summed E-state index contributed by atoms with van der Waals surface area (Å²) in [7, 11) is -4.07. The summed E-state index contributed by atoms with van der Waals surface area (Å²) in [4.78, 5) is 24.7. The van der Waals surface area contributed by atoms with E-state index >= 15 is 0 Å². The van der Waals surface area contributed by atoms with E-state index in [0.717, 1.165) is 6.07 Å². The molecular weight excluding hydrogens is 427 g/mol. The van der Waals surface area contributed by atoms with E-state index in [4.69, 9.17) is 0 Å². The summed E-state index contributed by atoms with van der Waals surface area (Å²) in [5, 5.41) is 4.39. The van der Waals surface area contributed by atoms with Crippen molar-refractivity contribution in [1.29, 1.82) is 0 Å². The maximum Gasteiger partial charge on any atom is 0.262 e. The Morgan fingerprint density at radius 3 is 2.50 bits per heavy atom. The zero-order valence-electron chi connectivity index (χ0n) is 16.0. The first-order valence-corrected chi connectivity index (χ1v) is 11.4. The van der Waals surface area contributed by atoms with Gasteiger partial charge in [0.1, 0.15) is 5.82 Å². The summed E-state index contributed by atoms with van der Waals surface area (Å²) >= 11 is 1.31. The van der Waals surface area contributed by atoms with Crippen LogP contribution in [0.1, 0.15) is 28.1 Å². The van der Waals surface area contributed by atoms with E-state index in [-0.39, 0.29) is 34.9 Å². The van der Waals surface area contributed by atoms with Gasteiger partial charge in [-0.2, -0.15) is 0 Å². The predicted octanol–water partition coefficient (Wildman–Crippen LogP) is 4.60. The third-order valence-electron chi connectivity index (χ3n) is 4.25. The van der Waals surface area contributed by atoms with Crippen LogP contribution in [0.25, 0.3) is 0 Å². The largest absolute Gasteiger partial charge is 0.326 e. The van der Waals surface area contributed by atoms with E-state index in [0.29, 0.717) is 10.4 Å². The summed E-state index contributed by atoms with van der Waals surface area (Å²) < 4.78 is 41.5. The van der Waals surface area contributed by atoms with Crippen molar-refractivity contribution < 1.29 is 22.4 Å². The molecule has 0 fully saturated rings. The lowest BCUT2D eigenvalue weighted by molar-refractivity contribution is -0.116. The molecule has 30 heavy (non-hydrogen) atoms. The Bertz CT molecular complexity index is 1180. The van der Waals surface area contributed by atoms with Crippen molar-refractivity contribution in [3.63, 3.8) is 0 Å². The number of para-hydroxylation sites is 1. The summed E-state index contributed by atoms with van der Waals surface area (Å²) in [5.74, 6) is -1.23. The maximum absolute atomic E-state index is 13.8. The fourth-order valence-corrected chi connectivity index (χ4v) is 4.76. The lowest BCUT2D eigenvalue weighted by Gasteiger charge is -2.13. The van der Waals surface area contributed by atoms with Crippen LogP contribution in [-0.4, -0.2) is 20.1 Å². The highest BCUT2D eigenvalue weighted by Gasteiger charge is 2.20. The number of anilines is 2. The molecule has 156 valence electrons. The van der Waals surface area contributed by atoms with E-state index in [9.17, 15) is 22.4 Å². The number of rotatable bonds is 8. The van der Waals surface area contributed by atoms with Crippen LogP contribution in [0, 0.1) is 12.7 Å². The van der Waals surface area contributed by atoms with E-state index in [1.165, 1.54) is 35.6 Å². The number of sulfonamides is 1. The van der Waals surface area contributed by atoms with E-state index < -0.39 is 21.7 Å². The first-order valence-electron chi connectivity index (χ1n) is 9.01. The number of nitrogens with one attached hydrogen (secondary N) is 2. The van der Waals surface area contributed by atoms with Gasteiger partial charge in [-0.3, -0.25) is 14.3 Å². The highest BCUT2D eigenvalue weighted by atomic mass is 32.2. The highest BCUT2D eigenvalue weighted by Crippen LogP contribution is 2.24. The lowest BCUT2D eigenvalue weighted by atomic mass is 10.2. The minimum absolute atomic E-state index is 0.0276. The molecule has 2 N–H and O–H groups in total. The quantitative estimate of drug-likeness (QED) is 0.495. The van der Waals surface area contributed by atoms with Crippen molar-refractivity contribution in [2.24, 2.45) is 0 Å². The third kappa shape index (κ3) is 5.31. The Morgan fingerprint density at radius 1 is 1.03 bits per heavy atom. The zero-order chi connectivity index (χ0) is 21.7. The first-order chi connectivity index (χ1) is 14.3. The molecule has 0 spiro atoms. The average molecular weight is 447 g/mol. The van der Waals surface area contributed by atoms with Crippen molar-refractivity contribution in [3.05, 3.63) is 76.2 Å². The minimum Gasteiger partial charge on any atom is -0.326 e. The molecule has 0 bridgehead atoms. The molecule has 0 atom stereocenters. The molecular formula is C21H19FN2O4S2. The van der Waals surface area contributed by atoms with Crippen LogP contribution in [-0.2, 0) is 14.8 Å². The van der Waals surface area contributed by atoms with Gasteiger partial charge in [-0.05, 0) is 48.2 Å². The van der Waals surface area contributed by atoms with E-state index in [1.54, 1.807) is 36.6 Å². The molecule has 2 aromatic carbocycles. The zero-order valence-corrected chi connectivity index (χ0v) is 17.6. The monoisotopic (exact) mass is 446 g/mol. The second-order valence-electron chi connectivity index (χ2n) is 6.51. The van der Waals surface area contributed by atoms with Gasteiger partial charge in [-0.1, -0.05) is 24.3 Å². The molecule has 1 aromatic heterocycles. The Balaban J connectivity index is 1.70. The van der Waals surface area contributed by atoms with Crippen molar-refractivity contribution >= 4 is 44.4 Å². The molecule has 0 saturated carbocycles. The van der Waals surface area contributed by atoms with Crippen LogP contribution >= 0.6 is 11.3 Å². The molecule has 0 aliphatic heterocycles. The summed E-state index contributed by atoms with van der Waals surface area (Å²) in [5.41, 5.74) is 0.534. The third-order valence-corrected chi connectivity index (χ3v) is 6.67. The highest BCUT2D eigenvalue weighted by molar-refractivity contribution is 7.92. The number of thiophene rings is 1. The molecule has 0 saturated heterocycles. The van der Waals surface area contributed by atoms with Gasteiger partial charge in [0.2, 0.25) is 5.91 Å². The SMILES string of the molecule is Cc1ccc(NC(=O)CCC(=O)c2cccs2)cc1S(=O)(=O)Nc1ccccc1F. The Morgan fingerprint density at radius 2 is 1.80 bits per heavy atom. The van der Waals surface area contributed by atoms with Crippen LogP contribution < -0.4 is 10.0 Å². The molecule has 0 unspecified atom stereocenters. The number of aryl methyl sites for hydroxylation is 1. The summed E-state index contributed by atoms with van der Waals surface area (Å²) in [6, 6.07) is 13.3. The average Bonchev–Trinajstić information content (AvgIpc) is 3.24. The smallest absolute Gasteiger partial charge is 0.262 e. The molecule has 9 heteroatoms. The molecule has 0 radical (unpaired) electrons.